The summed E-state index contributed by atoms with van der Waals surface area (Å²) in [5.74, 6) is 0.866. The summed E-state index contributed by atoms with van der Waals surface area (Å²) >= 11 is 0. The molecular formula is C12H20N2O2. The highest BCUT2D eigenvalue weighted by atomic mass is 16.5. The van der Waals surface area contributed by atoms with Gasteiger partial charge in [0.1, 0.15) is 5.76 Å². The van der Waals surface area contributed by atoms with E-state index >= 15 is 0 Å². The lowest BCUT2D eigenvalue weighted by atomic mass is 10.00. The van der Waals surface area contributed by atoms with Crippen LogP contribution in [0.1, 0.15) is 38.1 Å². The van der Waals surface area contributed by atoms with Crippen LogP contribution in [-0.4, -0.2) is 23.4 Å². The maximum absolute atomic E-state index is 5.70. The third-order valence-corrected chi connectivity index (χ3v) is 2.95. The molecule has 4 heteroatoms. The molecule has 1 fully saturated rings. The lowest BCUT2D eigenvalue weighted by Gasteiger charge is -2.32. The van der Waals surface area contributed by atoms with Gasteiger partial charge in [0, 0.05) is 18.7 Å². The summed E-state index contributed by atoms with van der Waals surface area (Å²) in [6, 6.07) is 2.50. The largest absolute Gasteiger partial charge is 0.375 e. The minimum absolute atomic E-state index is 0.347. The predicted molar refractivity (Wildman–Crippen MR) is 61.1 cm³/mol. The molecule has 1 aliphatic heterocycles. The van der Waals surface area contributed by atoms with E-state index in [2.05, 4.69) is 24.3 Å². The van der Waals surface area contributed by atoms with Crippen LogP contribution < -0.4 is 5.32 Å². The van der Waals surface area contributed by atoms with Crippen LogP contribution in [0.15, 0.2) is 10.6 Å². The number of aromatic nitrogens is 1. The van der Waals surface area contributed by atoms with Gasteiger partial charge in [-0.15, -0.1) is 0 Å². The quantitative estimate of drug-likeness (QED) is 0.853. The minimum Gasteiger partial charge on any atom is -0.375 e. The first-order chi connectivity index (χ1) is 7.63. The molecule has 1 aromatic heterocycles. The molecule has 0 saturated carbocycles. The van der Waals surface area contributed by atoms with Gasteiger partial charge in [-0.1, -0.05) is 5.16 Å². The summed E-state index contributed by atoms with van der Waals surface area (Å²) in [4.78, 5) is 0. The van der Waals surface area contributed by atoms with E-state index in [4.69, 9.17) is 9.26 Å². The fraction of sp³-hybridized carbons (Fsp3) is 0.750. The Morgan fingerprint density at radius 3 is 2.62 bits per heavy atom. The SMILES string of the molecule is Cc1cc(CNC2CC(C)OC(C)C2)no1. The van der Waals surface area contributed by atoms with E-state index < -0.39 is 0 Å². The van der Waals surface area contributed by atoms with Gasteiger partial charge in [-0.25, -0.2) is 0 Å². The molecule has 2 rings (SSSR count). The maximum Gasteiger partial charge on any atom is 0.133 e. The number of hydrogen-bond acceptors (Lipinski definition) is 4. The van der Waals surface area contributed by atoms with Crippen LogP contribution in [0.2, 0.25) is 0 Å². The van der Waals surface area contributed by atoms with Gasteiger partial charge >= 0.3 is 0 Å². The molecule has 16 heavy (non-hydrogen) atoms. The molecule has 0 aliphatic carbocycles. The Balaban J connectivity index is 1.81. The van der Waals surface area contributed by atoms with Crippen molar-refractivity contribution in [1.29, 1.82) is 0 Å². The van der Waals surface area contributed by atoms with Crippen molar-refractivity contribution in [3.63, 3.8) is 0 Å². The third kappa shape index (κ3) is 3.06. The van der Waals surface area contributed by atoms with Gasteiger partial charge in [0.25, 0.3) is 0 Å². The fourth-order valence-electron chi connectivity index (χ4n) is 2.32. The van der Waals surface area contributed by atoms with Crippen molar-refractivity contribution in [2.24, 2.45) is 0 Å². The van der Waals surface area contributed by atoms with Gasteiger partial charge in [0.2, 0.25) is 0 Å². The first-order valence-electron chi connectivity index (χ1n) is 5.94. The van der Waals surface area contributed by atoms with Crippen LogP contribution in [0.3, 0.4) is 0 Å². The topological polar surface area (TPSA) is 47.3 Å². The fourth-order valence-corrected chi connectivity index (χ4v) is 2.32. The lowest BCUT2D eigenvalue weighted by molar-refractivity contribution is -0.0423. The van der Waals surface area contributed by atoms with Crippen molar-refractivity contribution in [3.05, 3.63) is 17.5 Å². The van der Waals surface area contributed by atoms with Crippen molar-refractivity contribution in [1.82, 2.24) is 10.5 Å². The Morgan fingerprint density at radius 2 is 2.06 bits per heavy atom. The summed E-state index contributed by atoms with van der Waals surface area (Å²) in [7, 11) is 0. The maximum atomic E-state index is 5.70. The molecular weight excluding hydrogens is 204 g/mol. The van der Waals surface area contributed by atoms with E-state index in [9.17, 15) is 0 Å². The molecule has 90 valence electrons. The Kier molecular flexibility index (Phi) is 3.61. The second-order valence-electron chi connectivity index (χ2n) is 4.74. The molecule has 0 aromatic carbocycles. The smallest absolute Gasteiger partial charge is 0.133 e. The van der Waals surface area contributed by atoms with Crippen LogP contribution in [0.4, 0.5) is 0 Å². The second-order valence-corrected chi connectivity index (χ2v) is 4.74. The predicted octanol–water partition coefficient (Wildman–Crippen LogP) is 2.03. The Labute approximate surface area is 96.3 Å². The van der Waals surface area contributed by atoms with Crippen molar-refractivity contribution < 1.29 is 9.26 Å². The number of rotatable bonds is 3. The van der Waals surface area contributed by atoms with Crippen molar-refractivity contribution in [2.75, 3.05) is 0 Å². The van der Waals surface area contributed by atoms with E-state index in [1.54, 1.807) is 0 Å². The summed E-state index contributed by atoms with van der Waals surface area (Å²) in [5, 5.41) is 7.48. The van der Waals surface area contributed by atoms with E-state index in [1.807, 2.05) is 13.0 Å². The highest BCUT2D eigenvalue weighted by Crippen LogP contribution is 2.19. The number of nitrogens with zero attached hydrogens (tertiary/aromatic N) is 1. The monoisotopic (exact) mass is 224 g/mol. The molecule has 2 unspecified atom stereocenters. The van der Waals surface area contributed by atoms with E-state index in [0.29, 0.717) is 18.2 Å². The Hall–Kier alpha value is -0.870. The number of hydrogen-bond donors (Lipinski definition) is 1. The first kappa shape index (κ1) is 11.6. The molecule has 0 amide bonds. The summed E-state index contributed by atoms with van der Waals surface area (Å²) < 4.78 is 10.7. The zero-order valence-electron chi connectivity index (χ0n) is 10.2. The zero-order valence-corrected chi connectivity index (χ0v) is 10.2. The highest BCUT2D eigenvalue weighted by molar-refractivity contribution is 5.03. The van der Waals surface area contributed by atoms with Crippen LogP contribution in [-0.2, 0) is 11.3 Å². The third-order valence-electron chi connectivity index (χ3n) is 2.95. The van der Waals surface area contributed by atoms with Gasteiger partial charge in [-0.3, -0.25) is 0 Å². The van der Waals surface area contributed by atoms with Gasteiger partial charge in [0.15, 0.2) is 0 Å². The molecule has 0 bridgehead atoms. The zero-order chi connectivity index (χ0) is 11.5. The molecule has 1 aromatic rings. The van der Waals surface area contributed by atoms with Crippen LogP contribution in [0.5, 0.6) is 0 Å². The van der Waals surface area contributed by atoms with Crippen molar-refractivity contribution in [3.8, 4) is 0 Å². The Morgan fingerprint density at radius 1 is 1.38 bits per heavy atom. The highest BCUT2D eigenvalue weighted by Gasteiger charge is 2.23. The number of ether oxygens (including phenoxy) is 1. The van der Waals surface area contributed by atoms with Crippen LogP contribution in [0.25, 0.3) is 0 Å². The van der Waals surface area contributed by atoms with Crippen LogP contribution >= 0.6 is 0 Å². The molecule has 1 N–H and O–H groups in total. The lowest BCUT2D eigenvalue weighted by Crippen LogP contribution is -2.41. The van der Waals surface area contributed by atoms with E-state index in [1.165, 1.54) is 0 Å². The molecule has 4 nitrogen and oxygen atoms in total. The standard InChI is InChI=1S/C12H20N2O2/c1-8-4-11(5-9(2)15-8)13-7-12-6-10(3)16-14-12/h6,8-9,11,13H,4-5,7H2,1-3H3. The van der Waals surface area contributed by atoms with Gasteiger partial charge < -0.3 is 14.6 Å². The van der Waals surface area contributed by atoms with Gasteiger partial charge in [-0.2, -0.15) is 0 Å². The molecule has 2 atom stereocenters. The van der Waals surface area contributed by atoms with Gasteiger partial charge in [-0.05, 0) is 33.6 Å². The van der Waals surface area contributed by atoms with E-state index in [0.717, 1.165) is 30.8 Å². The minimum atomic E-state index is 0.347. The number of aryl methyl sites for hydroxylation is 1. The molecule has 2 heterocycles. The van der Waals surface area contributed by atoms with E-state index in [-0.39, 0.29) is 0 Å². The molecule has 0 radical (unpaired) electrons. The van der Waals surface area contributed by atoms with Crippen LogP contribution in [0, 0.1) is 6.92 Å². The summed E-state index contributed by atoms with van der Waals surface area (Å²) in [6.07, 6.45) is 2.84. The molecule has 0 spiro atoms. The molecule has 1 saturated heterocycles. The van der Waals surface area contributed by atoms with Crippen molar-refractivity contribution >= 4 is 0 Å². The average molecular weight is 224 g/mol. The molecule has 1 aliphatic rings. The number of nitrogens with one attached hydrogen (secondary N) is 1. The second kappa shape index (κ2) is 4.97. The Bertz CT molecular complexity index is 328. The van der Waals surface area contributed by atoms with Gasteiger partial charge in [0.05, 0.1) is 17.9 Å². The van der Waals surface area contributed by atoms with Crippen molar-refractivity contribution in [2.45, 2.75) is 58.4 Å². The summed E-state index contributed by atoms with van der Waals surface area (Å²) in [6.45, 7) is 6.95. The first-order valence-corrected chi connectivity index (χ1v) is 5.94. The average Bonchev–Trinajstić information content (AvgIpc) is 2.60. The normalized spacial score (nSPS) is 30.6. The summed E-state index contributed by atoms with van der Waals surface area (Å²) in [5.41, 5.74) is 0.976.